The second-order valence-electron chi connectivity index (χ2n) is 4.87. The molecule has 0 aliphatic heterocycles. The molecule has 1 aromatic rings. The summed E-state index contributed by atoms with van der Waals surface area (Å²) in [5.41, 5.74) is 0.891. The van der Waals surface area contributed by atoms with E-state index in [1.54, 1.807) is 0 Å². The fourth-order valence-corrected chi connectivity index (χ4v) is 3.00. The zero-order valence-electron chi connectivity index (χ0n) is 10.8. The van der Waals surface area contributed by atoms with Crippen molar-refractivity contribution in [2.75, 3.05) is 12.8 Å². The molecule has 2 rings (SSSR count). The third kappa shape index (κ3) is 3.47. The van der Waals surface area contributed by atoms with E-state index >= 15 is 0 Å². The second kappa shape index (κ2) is 5.21. The monoisotopic (exact) mass is 283 g/mol. The number of sulfone groups is 1. The Morgan fingerprint density at radius 3 is 2.47 bits per heavy atom. The third-order valence-electron chi connectivity index (χ3n) is 3.36. The first-order valence-corrected chi connectivity index (χ1v) is 7.96. The summed E-state index contributed by atoms with van der Waals surface area (Å²) >= 11 is 0. The highest BCUT2D eigenvalue weighted by atomic mass is 32.2. The van der Waals surface area contributed by atoms with Gasteiger partial charge >= 0.3 is 6.09 Å². The van der Waals surface area contributed by atoms with Crippen LogP contribution in [0.3, 0.4) is 0 Å². The maximum absolute atomic E-state index is 11.5. The fourth-order valence-electron chi connectivity index (χ4n) is 1.83. The molecule has 1 fully saturated rings. The van der Waals surface area contributed by atoms with Gasteiger partial charge in [0.1, 0.15) is 6.61 Å². The minimum atomic E-state index is -3.12. The molecular weight excluding hydrogens is 266 g/mol. The first-order chi connectivity index (χ1) is 8.93. The van der Waals surface area contributed by atoms with Gasteiger partial charge in [0.05, 0.1) is 4.75 Å². The molecule has 0 radical (unpaired) electrons. The Morgan fingerprint density at radius 2 is 1.95 bits per heavy atom. The Labute approximate surface area is 112 Å². The molecule has 0 atom stereocenters. The molecule has 1 N–H and O–H groups in total. The summed E-state index contributed by atoms with van der Waals surface area (Å²) in [6.07, 6.45) is 1.82. The molecule has 1 saturated carbocycles. The molecule has 0 bridgehead atoms. The third-order valence-corrected chi connectivity index (χ3v) is 5.49. The topological polar surface area (TPSA) is 72.5 Å². The van der Waals surface area contributed by atoms with Crippen LogP contribution in [0.4, 0.5) is 4.79 Å². The highest BCUT2D eigenvalue weighted by Gasteiger charge is 2.52. The van der Waals surface area contributed by atoms with Crippen LogP contribution in [0, 0.1) is 0 Å². The molecule has 0 heterocycles. The van der Waals surface area contributed by atoms with E-state index in [2.05, 4.69) is 5.32 Å². The Kier molecular flexibility index (Phi) is 3.80. The highest BCUT2D eigenvalue weighted by molar-refractivity contribution is 7.92. The lowest BCUT2D eigenvalue weighted by molar-refractivity contribution is 0.139. The Balaban J connectivity index is 1.77. The smallest absolute Gasteiger partial charge is 0.407 e. The van der Waals surface area contributed by atoms with Gasteiger partial charge in [-0.2, -0.15) is 0 Å². The van der Waals surface area contributed by atoms with Crippen molar-refractivity contribution in [3.63, 3.8) is 0 Å². The number of amides is 1. The first kappa shape index (κ1) is 13.9. The molecule has 19 heavy (non-hydrogen) atoms. The molecule has 0 saturated heterocycles. The Bertz CT molecular complexity index is 549. The van der Waals surface area contributed by atoms with Gasteiger partial charge in [0.15, 0.2) is 9.84 Å². The summed E-state index contributed by atoms with van der Waals surface area (Å²) in [5, 5.41) is 2.52. The number of carbonyl (C=O) groups is 1. The summed E-state index contributed by atoms with van der Waals surface area (Å²) in [7, 11) is -3.12. The van der Waals surface area contributed by atoms with E-state index < -0.39 is 20.7 Å². The summed E-state index contributed by atoms with van der Waals surface area (Å²) in [6.45, 7) is 0.304. The minimum absolute atomic E-state index is 0.124. The van der Waals surface area contributed by atoms with Gasteiger partial charge in [-0.15, -0.1) is 0 Å². The molecule has 6 heteroatoms. The quantitative estimate of drug-likeness (QED) is 0.888. The van der Waals surface area contributed by atoms with E-state index in [0.717, 1.165) is 5.56 Å². The molecule has 0 aromatic heterocycles. The summed E-state index contributed by atoms with van der Waals surface area (Å²) in [5.74, 6) is 0. The van der Waals surface area contributed by atoms with Crippen molar-refractivity contribution >= 4 is 15.9 Å². The lowest BCUT2D eigenvalue weighted by Crippen LogP contribution is -2.38. The largest absolute Gasteiger partial charge is 0.445 e. The standard InChI is InChI=1S/C13H17NO4S/c1-19(16,17)13(7-8-13)10-14-12(15)18-9-11-5-3-2-4-6-11/h2-6H,7-10H2,1H3,(H,14,15). The van der Waals surface area contributed by atoms with Crippen molar-refractivity contribution in [2.24, 2.45) is 0 Å². The van der Waals surface area contributed by atoms with Crippen molar-refractivity contribution in [3.05, 3.63) is 35.9 Å². The molecule has 0 unspecified atom stereocenters. The summed E-state index contributed by atoms with van der Waals surface area (Å²) in [4.78, 5) is 11.5. The molecule has 5 nitrogen and oxygen atoms in total. The number of benzene rings is 1. The van der Waals surface area contributed by atoms with E-state index in [1.165, 1.54) is 6.26 Å². The van der Waals surface area contributed by atoms with Gasteiger partial charge in [0.2, 0.25) is 0 Å². The van der Waals surface area contributed by atoms with E-state index in [-0.39, 0.29) is 13.2 Å². The second-order valence-corrected chi connectivity index (χ2v) is 7.28. The molecule has 1 amide bonds. The number of hydrogen-bond acceptors (Lipinski definition) is 4. The normalized spacial score (nSPS) is 16.7. The number of ether oxygens (including phenoxy) is 1. The number of alkyl carbamates (subject to hydrolysis) is 1. The van der Waals surface area contributed by atoms with Gasteiger partial charge in [-0.05, 0) is 18.4 Å². The minimum Gasteiger partial charge on any atom is -0.445 e. The predicted octanol–water partition coefficient (Wildman–Crippen LogP) is 1.49. The van der Waals surface area contributed by atoms with E-state index in [9.17, 15) is 13.2 Å². The molecular formula is C13H17NO4S. The summed E-state index contributed by atoms with van der Waals surface area (Å²) < 4.78 is 27.3. The summed E-state index contributed by atoms with van der Waals surface area (Å²) in [6, 6.07) is 9.31. The van der Waals surface area contributed by atoms with Crippen molar-refractivity contribution < 1.29 is 17.9 Å². The Morgan fingerprint density at radius 1 is 1.32 bits per heavy atom. The molecule has 0 spiro atoms. The van der Waals surface area contributed by atoms with Gasteiger partial charge in [0.25, 0.3) is 0 Å². The van der Waals surface area contributed by atoms with Crippen LogP contribution in [0.5, 0.6) is 0 Å². The lowest BCUT2D eigenvalue weighted by atomic mass is 10.2. The Hall–Kier alpha value is -1.56. The van der Waals surface area contributed by atoms with Crippen LogP contribution >= 0.6 is 0 Å². The number of rotatable bonds is 5. The van der Waals surface area contributed by atoms with E-state index in [4.69, 9.17) is 4.74 Å². The van der Waals surface area contributed by atoms with E-state index in [1.807, 2.05) is 30.3 Å². The van der Waals surface area contributed by atoms with Crippen LogP contribution < -0.4 is 5.32 Å². The highest BCUT2D eigenvalue weighted by Crippen LogP contribution is 2.42. The SMILES string of the molecule is CS(=O)(=O)C1(CNC(=O)OCc2ccccc2)CC1. The number of carbonyl (C=O) groups excluding carboxylic acids is 1. The van der Waals surface area contributed by atoms with E-state index in [0.29, 0.717) is 12.8 Å². The zero-order chi connectivity index (χ0) is 13.9. The van der Waals surface area contributed by atoms with Gasteiger partial charge in [0, 0.05) is 12.8 Å². The lowest BCUT2D eigenvalue weighted by Gasteiger charge is -2.14. The molecule has 1 aromatic carbocycles. The fraction of sp³-hybridized carbons (Fsp3) is 0.462. The predicted molar refractivity (Wildman–Crippen MR) is 71.4 cm³/mol. The van der Waals surface area contributed by atoms with Crippen LogP contribution in [0.1, 0.15) is 18.4 Å². The average molecular weight is 283 g/mol. The maximum Gasteiger partial charge on any atom is 0.407 e. The van der Waals surface area contributed by atoms with Crippen molar-refractivity contribution in [2.45, 2.75) is 24.2 Å². The number of hydrogen-bond donors (Lipinski definition) is 1. The van der Waals surface area contributed by atoms with Gasteiger partial charge < -0.3 is 10.1 Å². The number of nitrogens with one attached hydrogen (secondary N) is 1. The average Bonchev–Trinajstić information content (AvgIpc) is 3.16. The van der Waals surface area contributed by atoms with Gasteiger partial charge in [-0.3, -0.25) is 0 Å². The molecule has 104 valence electrons. The van der Waals surface area contributed by atoms with Crippen molar-refractivity contribution in [1.82, 2.24) is 5.32 Å². The van der Waals surface area contributed by atoms with Crippen LogP contribution in [-0.4, -0.2) is 32.1 Å². The van der Waals surface area contributed by atoms with Crippen LogP contribution in [0.25, 0.3) is 0 Å². The maximum atomic E-state index is 11.5. The zero-order valence-corrected chi connectivity index (χ0v) is 11.6. The van der Waals surface area contributed by atoms with Crippen molar-refractivity contribution in [3.8, 4) is 0 Å². The van der Waals surface area contributed by atoms with Crippen LogP contribution in [-0.2, 0) is 21.2 Å². The van der Waals surface area contributed by atoms with Crippen LogP contribution in [0.15, 0.2) is 30.3 Å². The van der Waals surface area contributed by atoms with Crippen LogP contribution in [0.2, 0.25) is 0 Å². The molecule has 1 aliphatic rings. The van der Waals surface area contributed by atoms with Gasteiger partial charge in [-0.1, -0.05) is 30.3 Å². The van der Waals surface area contributed by atoms with Crippen molar-refractivity contribution in [1.29, 1.82) is 0 Å². The van der Waals surface area contributed by atoms with Gasteiger partial charge in [-0.25, -0.2) is 13.2 Å². The first-order valence-electron chi connectivity index (χ1n) is 6.07. The molecule has 1 aliphatic carbocycles.